The van der Waals surface area contributed by atoms with Gasteiger partial charge in [0.2, 0.25) is 6.39 Å². The van der Waals surface area contributed by atoms with E-state index in [9.17, 15) is 0 Å². The Bertz CT molecular complexity index is 373. The second-order valence-corrected chi connectivity index (χ2v) is 3.49. The van der Waals surface area contributed by atoms with Crippen molar-refractivity contribution in [2.75, 3.05) is 5.32 Å². The van der Waals surface area contributed by atoms with Crippen molar-refractivity contribution in [1.82, 2.24) is 10.2 Å². The van der Waals surface area contributed by atoms with Crippen molar-refractivity contribution in [1.29, 1.82) is 0 Å². The molecule has 2 rings (SSSR count). The zero-order valence-corrected chi connectivity index (χ0v) is 8.10. The van der Waals surface area contributed by atoms with E-state index in [1.807, 2.05) is 10.8 Å². The van der Waals surface area contributed by atoms with Crippen LogP contribution in [0.1, 0.15) is 5.56 Å². The van der Waals surface area contributed by atoms with E-state index in [4.69, 9.17) is 16.0 Å². The molecule has 0 atom stereocenters. The number of hydrogen-bond donors (Lipinski definition) is 1. The van der Waals surface area contributed by atoms with E-state index in [1.54, 1.807) is 11.3 Å². The van der Waals surface area contributed by atoms with Crippen molar-refractivity contribution < 1.29 is 4.42 Å². The predicted octanol–water partition coefficient (Wildman–Crippen LogP) is 2.40. The molecule has 6 heteroatoms. The summed E-state index contributed by atoms with van der Waals surface area (Å²) in [5.41, 5.74) is 1.03. The number of nitrogens with zero attached hydrogens (tertiary/aromatic N) is 2. The molecule has 0 aliphatic rings. The number of hydrogen-bond acceptors (Lipinski definition) is 5. The quantitative estimate of drug-likeness (QED) is 0.854. The molecule has 2 heterocycles. The molecular weight excluding hydrogens is 210 g/mol. The van der Waals surface area contributed by atoms with Gasteiger partial charge in [-0.15, -0.1) is 5.10 Å². The van der Waals surface area contributed by atoms with E-state index in [0.29, 0.717) is 12.6 Å². The Morgan fingerprint density at radius 1 is 1.54 bits per heavy atom. The van der Waals surface area contributed by atoms with E-state index in [0.717, 1.165) is 10.6 Å². The third-order valence-corrected chi connectivity index (χ3v) is 2.75. The van der Waals surface area contributed by atoms with Crippen LogP contribution in [0.15, 0.2) is 21.6 Å². The molecule has 0 spiro atoms. The normalized spacial score (nSPS) is 10.2. The van der Waals surface area contributed by atoms with E-state index >= 15 is 0 Å². The number of halogens is 1. The minimum atomic E-state index is 0.405. The first-order valence-corrected chi connectivity index (χ1v) is 4.89. The minimum absolute atomic E-state index is 0.405. The molecule has 0 aromatic carbocycles. The van der Waals surface area contributed by atoms with E-state index in [-0.39, 0.29) is 0 Å². The van der Waals surface area contributed by atoms with Gasteiger partial charge in [0.15, 0.2) is 0 Å². The van der Waals surface area contributed by atoms with Gasteiger partial charge in [-0.3, -0.25) is 0 Å². The highest BCUT2D eigenvalue weighted by Crippen LogP contribution is 2.21. The van der Waals surface area contributed by atoms with E-state index in [1.165, 1.54) is 6.39 Å². The van der Waals surface area contributed by atoms with Crippen molar-refractivity contribution in [3.63, 3.8) is 0 Å². The smallest absolute Gasteiger partial charge is 0.315 e. The van der Waals surface area contributed by atoms with Gasteiger partial charge in [0.1, 0.15) is 0 Å². The molecule has 0 aliphatic heterocycles. The molecule has 0 fully saturated rings. The van der Waals surface area contributed by atoms with Crippen molar-refractivity contribution in [3.8, 4) is 0 Å². The number of aromatic nitrogens is 2. The summed E-state index contributed by atoms with van der Waals surface area (Å²) in [5, 5.41) is 14.8. The maximum atomic E-state index is 5.88. The predicted molar refractivity (Wildman–Crippen MR) is 51.0 cm³/mol. The van der Waals surface area contributed by atoms with Crippen LogP contribution in [0.2, 0.25) is 5.02 Å². The molecule has 68 valence electrons. The summed E-state index contributed by atoms with van der Waals surface area (Å²) in [4.78, 5) is 0. The minimum Gasteiger partial charge on any atom is -0.411 e. The first kappa shape index (κ1) is 8.52. The van der Waals surface area contributed by atoms with Crippen LogP contribution in [0, 0.1) is 0 Å². The van der Waals surface area contributed by atoms with E-state index in [2.05, 4.69) is 15.5 Å². The molecule has 0 radical (unpaired) electrons. The molecule has 2 aromatic rings. The van der Waals surface area contributed by atoms with Gasteiger partial charge in [0.05, 0.1) is 5.02 Å². The summed E-state index contributed by atoms with van der Waals surface area (Å²) in [6, 6.07) is 0.405. The second kappa shape index (κ2) is 3.76. The molecular formula is C7H6ClN3OS. The molecule has 0 amide bonds. The molecule has 1 N–H and O–H groups in total. The standard InChI is InChI=1S/C7H6ClN3OS/c8-6-3-13-2-5(6)1-9-7-11-10-4-12-7/h2-4H,1H2,(H,9,11). The van der Waals surface area contributed by atoms with Gasteiger partial charge in [-0.05, 0) is 5.38 Å². The Morgan fingerprint density at radius 3 is 3.08 bits per heavy atom. The van der Waals surface area contributed by atoms with Crippen LogP contribution in [0.5, 0.6) is 0 Å². The maximum Gasteiger partial charge on any atom is 0.315 e. The monoisotopic (exact) mass is 215 g/mol. The van der Waals surface area contributed by atoms with Gasteiger partial charge >= 0.3 is 6.01 Å². The Kier molecular flexibility index (Phi) is 2.47. The van der Waals surface area contributed by atoms with Crippen molar-refractivity contribution >= 4 is 29.0 Å². The van der Waals surface area contributed by atoms with Crippen molar-refractivity contribution in [3.05, 3.63) is 27.7 Å². The third-order valence-electron chi connectivity index (χ3n) is 1.48. The fourth-order valence-electron chi connectivity index (χ4n) is 0.855. The van der Waals surface area contributed by atoms with Crippen LogP contribution in [0.3, 0.4) is 0 Å². The van der Waals surface area contributed by atoms with Crippen LogP contribution < -0.4 is 5.32 Å². The topological polar surface area (TPSA) is 51.0 Å². The third kappa shape index (κ3) is 1.99. The van der Waals surface area contributed by atoms with Gasteiger partial charge in [-0.2, -0.15) is 11.3 Å². The van der Waals surface area contributed by atoms with Crippen molar-refractivity contribution in [2.45, 2.75) is 6.54 Å². The summed E-state index contributed by atoms with van der Waals surface area (Å²) in [5.74, 6) is 0. The average molecular weight is 216 g/mol. The highest BCUT2D eigenvalue weighted by atomic mass is 35.5. The Balaban J connectivity index is 1.97. The molecule has 13 heavy (non-hydrogen) atoms. The Hall–Kier alpha value is -1.07. The van der Waals surface area contributed by atoms with Crippen molar-refractivity contribution in [2.24, 2.45) is 0 Å². The molecule has 2 aromatic heterocycles. The lowest BCUT2D eigenvalue weighted by molar-refractivity contribution is 0.565. The first-order valence-electron chi connectivity index (χ1n) is 3.57. The zero-order valence-electron chi connectivity index (χ0n) is 6.53. The zero-order chi connectivity index (χ0) is 9.10. The van der Waals surface area contributed by atoms with Gasteiger partial charge in [0.25, 0.3) is 0 Å². The lowest BCUT2D eigenvalue weighted by atomic mass is 10.3. The summed E-state index contributed by atoms with van der Waals surface area (Å²) < 4.78 is 4.90. The maximum absolute atomic E-state index is 5.88. The summed E-state index contributed by atoms with van der Waals surface area (Å²) >= 11 is 7.45. The van der Waals surface area contributed by atoms with E-state index < -0.39 is 0 Å². The first-order chi connectivity index (χ1) is 6.36. The lowest BCUT2D eigenvalue weighted by Crippen LogP contribution is -1.98. The number of anilines is 1. The molecule has 4 nitrogen and oxygen atoms in total. The number of rotatable bonds is 3. The SMILES string of the molecule is Clc1cscc1CNc1nnco1. The molecule has 0 bridgehead atoms. The summed E-state index contributed by atoms with van der Waals surface area (Å²) in [6.45, 7) is 0.602. The van der Waals surface area contributed by atoms with Crippen LogP contribution in [0.4, 0.5) is 6.01 Å². The Labute approximate surface area is 83.5 Å². The fraction of sp³-hybridized carbons (Fsp3) is 0.143. The van der Waals surface area contributed by atoms with Gasteiger partial charge in [0, 0.05) is 17.5 Å². The highest BCUT2D eigenvalue weighted by Gasteiger charge is 2.02. The van der Waals surface area contributed by atoms with Crippen LogP contribution in [-0.2, 0) is 6.54 Å². The Morgan fingerprint density at radius 2 is 2.46 bits per heavy atom. The van der Waals surface area contributed by atoms with Gasteiger partial charge in [-0.1, -0.05) is 16.7 Å². The van der Waals surface area contributed by atoms with Gasteiger partial charge < -0.3 is 9.73 Å². The molecule has 0 unspecified atom stereocenters. The fourth-order valence-corrected chi connectivity index (χ4v) is 1.91. The number of thiophene rings is 1. The lowest BCUT2D eigenvalue weighted by Gasteiger charge is -1.98. The summed E-state index contributed by atoms with van der Waals surface area (Å²) in [6.07, 6.45) is 1.28. The van der Waals surface area contributed by atoms with Crippen LogP contribution >= 0.6 is 22.9 Å². The largest absolute Gasteiger partial charge is 0.411 e. The highest BCUT2D eigenvalue weighted by molar-refractivity contribution is 7.08. The van der Waals surface area contributed by atoms with Crippen LogP contribution in [0.25, 0.3) is 0 Å². The summed E-state index contributed by atoms with van der Waals surface area (Å²) in [7, 11) is 0. The molecule has 0 saturated heterocycles. The second-order valence-electron chi connectivity index (χ2n) is 2.34. The molecule has 0 saturated carbocycles. The number of nitrogens with one attached hydrogen (secondary N) is 1. The molecule has 0 aliphatic carbocycles. The van der Waals surface area contributed by atoms with Crippen LogP contribution in [-0.4, -0.2) is 10.2 Å². The van der Waals surface area contributed by atoms with Gasteiger partial charge in [-0.25, -0.2) is 0 Å². The average Bonchev–Trinajstić information content (AvgIpc) is 2.72.